The van der Waals surface area contributed by atoms with E-state index in [9.17, 15) is 9.90 Å². The zero-order chi connectivity index (χ0) is 28.1. The number of esters is 1. The van der Waals surface area contributed by atoms with E-state index in [0.717, 1.165) is 5.56 Å². The first-order valence-electron chi connectivity index (χ1n) is 12.1. The maximum Gasteiger partial charge on any atom is 0.342 e. The number of carbonyl (C=O) groups excluding carboxylic acids is 1. The molecule has 4 rings (SSSR count). The minimum Gasteiger partial charge on any atom is -0.507 e. The van der Waals surface area contributed by atoms with Crippen molar-refractivity contribution in [2.45, 2.75) is 13.5 Å². The average Bonchev–Trinajstić information content (AvgIpc) is 3.33. The molecule has 4 aromatic rings. The minimum absolute atomic E-state index is 0.0101. The average molecular weight is 569 g/mol. The third-order valence-electron chi connectivity index (χ3n) is 6.00. The van der Waals surface area contributed by atoms with Crippen molar-refractivity contribution in [3.05, 3.63) is 70.9 Å². The van der Waals surface area contributed by atoms with Gasteiger partial charge in [0.05, 0.1) is 32.8 Å². The first kappa shape index (κ1) is 28.1. The molecule has 0 radical (unpaired) electrons. The van der Waals surface area contributed by atoms with Crippen molar-refractivity contribution in [2.24, 2.45) is 0 Å². The SMILES string of the molecule is CCOC(=O)c1c(O)cc(-c2cc(OC)c(OC)c(OC)c2)cc1-c1sc(N(C)Cc2ccccc2)nc1Cl. The number of thiazole rings is 1. The topological polar surface area (TPSA) is 90.4 Å². The maximum absolute atomic E-state index is 13.0. The summed E-state index contributed by atoms with van der Waals surface area (Å²) < 4.78 is 21.7. The predicted molar refractivity (Wildman–Crippen MR) is 154 cm³/mol. The molecule has 8 nitrogen and oxygen atoms in total. The molecule has 1 heterocycles. The summed E-state index contributed by atoms with van der Waals surface area (Å²) in [5, 5.41) is 12.0. The molecule has 204 valence electrons. The van der Waals surface area contributed by atoms with E-state index in [-0.39, 0.29) is 23.1 Å². The summed E-state index contributed by atoms with van der Waals surface area (Å²) in [6, 6.07) is 16.8. The fourth-order valence-corrected chi connectivity index (χ4v) is 5.47. The van der Waals surface area contributed by atoms with Gasteiger partial charge in [0.25, 0.3) is 0 Å². The van der Waals surface area contributed by atoms with Crippen molar-refractivity contribution < 1.29 is 28.8 Å². The highest BCUT2D eigenvalue weighted by molar-refractivity contribution is 7.19. The third kappa shape index (κ3) is 5.89. The number of phenols is 1. The summed E-state index contributed by atoms with van der Waals surface area (Å²) in [7, 11) is 6.50. The van der Waals surface area contributed by atoms with E-state index in [1.54, 1.807) is 25.1 Å². The quantitative estimate of drug-likeness (QED) is 0.212. The number of ether oxygens (including phenoxy) is 4. The van der Waals surface area contributed by atoms with E-state index in [1.165, 1.54) is 38.7 Å². The van der Waals surface area contributed by atoms with Gasteiger partial charge in [-0.15, -0.1) is 0 Å². The zero-order valence-corrected chi connectivity index (χ0v) is 23.9. The summed E-state index contributed by atoms with van der Waals surface area (Å²) in [4.78, 5) is 20.0. The molecular formula is C29H29ClN2O6S. The Kier molecular flexibility index (Phi) is 8.83. The maximum atomic E-state index is 13.0. The van der Waals surface area contributed by atoms with Gasteiger partial charge >= 0.3 is 5.97 Å². The standard InChI is InChI=1S/C29H29ClN2O6S/c1-6-38-28(34)24-20(26-27(30)31-29(39-26)32(2)16-17-10-8-7-9-11-17)12-18(13-21(24)33)19-14-22(35-3)25(37-5)23(15-19)36-4/h7-15,33H,6,16H2,1-5H3. The van der Waals surface area contributed by atoms with Gasteiger partial charge in [-0.05, 0) is 47.9 Å². The van der Waals surface area contributed by atoms with E-state index < -0.39 is 5.97 Å². The van der Waals surface area contributed by atoms with Crippen LogP contribution in [0.2, 0.25) is 5.15 Å². The molecule has 0 unspecified atom stereocenters. The molecule has 3 aromatic carbocycles. The first-order valence-corrected chi connectivity index (χ1v) is 13.3. The van der Waals surface area contributed by atoms with Crippen molar-refractivity contribution in [1.82, 2.24) is 4.98 Å². The number of aromatic nitrogens is 1. The van der Waals surface area contributed by atoms with Gasteiger partial charge < -0.3 is 29.0 Å². The second-order valence-electron chi connectivity index (χ2n) is 8.51. The van der Waals surface area contributed by atoms with Crippen LogP contribution in [0, 0.1) is 0 Å². The molecule has 0 aliphatic rings. The van der Waals surface area contributed by atoms with Crippen LogP contribution >= 0.6 is 22.9 Å². The number of rotatable bonds is 10. The number of phenolic OH excluding ortho intramolecular Hbond substituents is 1. The van der Waals surface area contributed by atoms with Gasteiger partial charge in [-0.1, -0.05) is 53.3 Å². The Bertz CT molecular complexity index is 1450. The fourth-order valence-electron chi connectivity index (χ4n) is 4.18. The number of anilines is 1. The lowest BCUT2D eigenvalue weighted by Crippen LogP contribution is -2.15. The highest BCUT2D eigenvalue weighted by Gasteiger charge is 2.26. The van der Waals surface area contributed by atoms with Crippen LogP contribution in [0.15, 0.2) is 54.6 Å². The van der Waals surface area contributed by atoms with Crippen LogP contribution in [0.4, 0.5) is 5.13 Å². The molecule has 0 amide bonds. The van der Waals surface area contributed by atoms with Crippen LogP contribution in [0.25, 0.3) is 21.6 Å². The normalized spacial score (nSPS) is 10.7. The Labute approximate surface area is 236 Å². The van der Waals surface area contributed by atoms with Crippen LogP contribution in [0.5, 0.6) is 23.0 Å². The molecule has 0 saturated heterocycles. The summed E-state index contributed by atoms with van der Waals surface area (Å²) in [5.41, 5.74) is 2.79. The van der Waals surface area contributed by atoms with E-state index in [0.29, 0.717) is 50.5 Å². The number of hydrogen-bond acceptors (Lipinski definition) is 9. The zero-order valence-electron chi connectivity index (χ0n) is 22.3. The van der Waals surface area contributed by atoms with Gasteiger partial charge in [0.2, 0.25) is 5.75 Å². The number of carbonyl (C=O) groups is 1. The number of methoxy groups -OCH3 is 3. The van der Waals surface area contributed by atoms with Crippen molar-refractivity contribution in [3.8, 4) is 44.6 Å². The van der Waals surface area contributed by atoms with Crippen LogP contribution in [-0.2, 0) is 11.3 Å². The Balaban J connectivity index is 1.86. The Hall–Kier alpha value is -3.95. The van der Waals surface area contributed by atoms with Crippen LogP contribution < -0.4 is 19.1 Å². The Morgan fingerprint density at radius 2 is 1.64 bits per heavy atom. The van der Waals surface area contributed by atoms with Gasteiger partial charge in [-0.2, -0.15) is 0 Å². The fraction of sp³-hybridized carbons (Fsp3) is 0.241. The summed E-state index contributed by atoms with van der Waals surface area (Å²) in [5.74, 6) is 0.419. The number of benzene rings is 3. The molecule has 1 N–H and O–H groups in total. The smallest absolute Gasteiger partial charge is 0.342 e. The van der Waals surface area contributed by atoms with Gasteiger partial charge in [0.1, 0.15) is 16.5 Å². The molecular weight excluding hydrogens is 540 g/mol. The second-order valence-corrected chi connectivity index (χ2v) is 9.85. The summed E-state index contributed by atoms with van der Waals surface area (Å²) in [6.45, 7) is 2.47. The minimum atomic E-state index is -0.662. The lowest BCUT2D eigenvalue weighted by atomic mass is 9.96. The molecule has 1 aromatic heterocycles. The molecule has 0 aliphatic carbocycles. The molecule has 0 atom stereocenters. The molecule has 39 heavy (non-hydrogen) atoms. The second kappa shape index (κ2) is 12.3. The molecule has 0 saturated carbocycles. The van der Waals surface area contributed by atoms with Crippen LogP contribution in [0.1, 0.15) is 22.8 Å². The summed E-state index contributed by atoms with van der Waals surface area (Å²) >= 11 is 7.97. The number of aromatic hydroxyl groups is 1. The van der Waals surface area contributed by atoms with Gasteiger partial charge in [-0.25, -0.2) is 9.78 Å². The molecule has 0 aliphatic heterocycles. The van der Waals surface area contributed by atoms with E-state index in [2.05, 4.69) is 4.98 Å². The molecule has 0 fully saturated rings. The predicted octanol–water partition coefficient (Wildman–Crippen LogP) is 6.68. The van der Waals surface area contributed by atoms with Crippen LogP contribution in [0.3, 0.4) is 0 Å². The van der Waals surface area contributed by atoms with Crippen molar-refractivity contribution in [1.29, 1.82) is 0 Å². The van der Waals surface area contributed by atoms with Crippen molar-refractivity contribution in [2.75, 3.05) is 39.9 Å². The molecule has 0 spiro atoms. The number of halogens is 1. The van der Waals surface area contributed by atoms with Crippen molar-refractivity contribution >= 4 is 34.0 Å². The first-order chi connectivity index (χ1) is 18.8. The van der Waals surface area contributed by atoms with Crippen LogP contribution in [-0.4, -0.2) is 51.0 Å². The van der Waals surface area contributed by atoms with E-state index >= 15 is 0 Å². The summed E-state index contributed by atoms with van der Waals surface area (Å²) in [6.07, 6.45) is 0. The molecule has 0 bridgehead atoms. The Morgan fingerprint density at radius 1 is 1.00 bits per heavy atom. The lowest BCUT2D eigenvalue weighted by molar-refractivity contribution is 0.0524. The number of hydrogen-bond donors (Lipinski definition) is 1. The van der Waals surface area contributed by atoms with Gasteiger partial charge in [0.15, 0.2) is 16.6 Å². The monoisotopic (exact) mass is 568 g/mol. The third-order valence-corrected chi connectivity index (χ3v) is 7.59. The largest absolute Gasteiger partial charge is 0.507 e. The highest BCUT2D eigenvalue weighted by Crippen LogP contribution is 2.46. The molecule has 10 heteroatoms. The van der Waals surface area contributed by atoms with E-state index in [4.69, 9.17) is 30.5 Å². The highest BCUT2D eigenvalue weighted by atomic mass is 35.5. The van der Waals surface area contributed by atoms with Gasteiger partial charge in [0, 0.05) is 19.2 Å². The number of nitrogens with zero attached hydrogens (tertiary/aromatic N) is 2. The van der Waals surface area contributed by atoms with Gasteiger partial charge in [-0.3, -0.25) is 0 Å². The lowest BCUT2D eigenvalue weighted by Gasteiger charge is -2.16. The Morgan fingerprint density at radius 3 is 2.23 bits per heavy atom. The van der Waals surface area contributed by atoms with Crippen molar-refractivity contribution in [3.63, 3.8) is 0 Å². The van der Waals surface area contributed by atoms with E-state index in [1.807, 2.05) is 42.3 Å².